The number of benzene rings is 2. The standard InChI is InChI=1S/C16H12N2O2/c17-16(19)20-14-8-4-7-12-9-10-13(18-15(12)14)11-5-2-1-3-6-11/h1-10H,(H2,17,19). The van der Waals surface area contributed by atoms with Crippen molar-refractivity contribution in [2.24, 2.45) is 5.73 Å². The molecule has 0 atom stereocenters. The van der Waals surface area contributed by atoms with Crippen LogP contribution in [-0.4, -0.2) is 11.1 Å². The summed E-state index contributed by atoms with van der Waals surface area (Å²) in [5.74, 6) is 0.368. The van der Waals surface area contributed by atoms with E-state index in [4.69, 9.17) is 10.5 Å². The lowest BCUT2D eigenvalue weighted by Gasteiger charge is -2.07. The summed E-state index contributed by atoms with van der Waals surface area (Å²) in [6.07, 6.45) is -0.843. The molecule has 0 spiro atoms. The summed E-state index contributed by atoms with van der Waals surface area (Å²) < 4.78 is 4.99. The van der Waals surface area contributed by atoms with Gasteiger partial charge in [0.05, 0.1) is 5.69 Å². The van der Waals surface area contributed by atoms with E-state index in [9.17, 15) is 4.79 Å². The summed E-state index contributed by atoms with van der Waals surface area (Å²) in [7, 11) is 0. The van der Waals surface area contributed by atoms with E-state index in [1.165, 1.54) is 0 Å². The predicted molar refractivity (Wildman–Crippen MR) is 77.4 cm³/mol. The third-order valence-electron chi connectivity index (χ3n) is 2.96. The molecule has 1 aromatic heterocycles. The number of ether oxygens (including phenoxy) is 1. The summed E-state index contributed by atoms with van der Waals surface area (Å²) in [6, 6.07) is 19.1. The first-order chi connectivity index (χ1) is 9.74. The minimum Gasteiger partial charge on any atom is -0.408 e. The van der Waals surface area contributed by atoms with Gasteiger partial charge in [-0.1, -0.05) is 48.5 Å². The van der Waals surface area contributed by atoms with E-state index in [2.05, 4.69) is 4.98 Å². The molecule has 0 aliphatic heterocycles. The Morgan fingerprint density at radius 1 is 0.950 bits per heavy atom. The number of fused-ring (bicyclic) bond motifs is 1. The molecule has 0 aliphatic carbocycles. The van der Waals surface area contributed by atoms with Gasteiger partial charge in [-0.15, -0.1) is 0 Å². The van der Waals surface area contributed by atoms with Crippen LogP contribution < -0.4 is 10.5 Å². The van der Waals surface area contributed by atoms with Crippen LogP contribution in [0.15, 0.2) is 60.7 Å². The molecule has 20 heavy (non-hydrogen) atoms. The summed E-state index contributed by atoms with van der Waals surface area (Å²) >= 11 is 0. The average Bonchev–Trinajstić information content (AvgIpc) is 2.47. The fraction of sp³-hybridized carbons (Fsp3) is 0. The number of amides is 1. The second-order valence-electron chi connectivity index (χ2n) is 4.31. The smallest absolute Gasteiger partial charge is 0.408 e. The normalized spacial score (nSPS) is 10.4. The molecule has 0 saturated carbocycles. The molecule has 2 aromatic carbocycles. The number of hydrogen-bond donors (Lipinski definition) is 1. The highest BCUT2D eigenvalue weighted by atomic mass is 16.5. The van der Waals surface area contributed by atoms with Gasteiger partial charge < -0.3 is 10.5 Å². The largest absolute Gasteiger partial charge is 0.410 e. The number of carbonyl (C=O) groups is 1. The highest BCUT2D eigenvalue weighted by molar-refractivity contribution is 5.88. The Labute approximate surface area is 115 Å². The third kappa shape index (κ3) is 2.31. The second-order valence-corrected chi connectivity index (χ2v) is 4.31. The van der Waals surface area contributed by atoms with Gasteiger partial charge in [0.25, 0.3) is 0 Å². The molecular formula is C16H12N2O2. The minimum atomic E-state index is -0.843. The second kappa shape index (κ2) is 5.01. The molecule has 0 unspecified atom stereocenters. The molecule has 1 heterocycles. The first kappa shape index (κ1) is 12.2. The molecule has 0 saturated heterocycles. The number of rotatable bonds is 2. The molecule has 98 valence electrons. The van der Waals surface area contributed by atoms with Crippen LogP contribution in [0, 0.1) is 0 Å². The third-order valence-corrected chi connectivity index (χ3v) is 2.96. The van der Waals surface area contributed by atoms with Crippen LogP contribution >= 0.6 is 0 Å². The minimum absolute atomic E-state index is 0.368. The number of carbonyl (C=O) groups excluding carboxylic acids is 1. The van der Waals surface area contributed by atoms with Crippen molar-refractivity contribution in [3.8, 4) is 17.0 Å². The molecule has 3 aromatic rings. The van der Waals surface area contributed by atoms with Gasteiger partial charge >= 0.3 is 6.09 Å². The summed E-state index contributed by atoms with van der Waals surface area (Å²) in [6.45, 7) is 0. The molecule has 1 amide bonds. The van der Waals surface area contributed by atoms with Crippen molar-refractivity contribution < 1.29 is 9.53 Å². The highest BCUT2D eigenvalue weighted by Gasteiger charge is 2.08. The maximum atomic E-state index is 10.9. The molecule has 4 nitrogen and oxygen atoms in total. The van der Waals surface area contributed by atoms with Crippen LogP contribution in [0.25, 0.3) is 22.2 Å². The summed E-state index contributed by atoms with van der Waals surface area (Å²) in [5.41, 5.74) is 7.52. The molecule has 0 fully saturated rings. The Hall–Kier alpha value is -2.88. The van der Waals surface area contributed by atoms with Gasteiger partial charge in [-0.25, -0.2) is 9.78 Å². The molecule has 4 heteroatoms. The van der Waals surface area contributed by atoms with Gasteiger partial charge in [-0.3, -0.25) is 0 Å². The Morgan fingerprint density at radius 2 is 1.75 bits per heavy atom. The number of nitrogens with two attached hydrogens (primary N) is 1. The Kier molecular flexibility index (Phi) is 3.05. The Morgan fingerprint density at radius 3 is 2.50 bits per heavy atom. The SMILES string of the molecule is NC(=O)Oc1cccc2ccc(-c3ccccc3)nc12. The van der Waals surface area contributed by atoms with E-state index >= 15 is 0 Å². The zero-order chi connectivity index (χ0) is 13.9. The Balaban J connectivity index is 2.16. The van der Waals surface area contributed by atoms with E-state index in [0.717, 1.165) is 16.6 Å². The van der Waals surface area contributed by atoms with E-state index in [0.29, 0.717) is 11.3 Å². The lowest BCUT2D eigenvalue weighted by molar-refractivity contribution is 0.211. The number of pyridine rings is 1. The van der Waals surface area contributed by atoms with E-state index in [-0.39, 0.29) is 0 Å². The van der Waals surface area contributed by atoms with Crippen molar-refractivity contribution >= 4 is 17.0 Å². The van der Waals surface area contributed by atoms with Crippen molar-refractivity contribution in [2.75, 3.05) is 0 Å². The first-order valence-electron chi connectivity index (χ1n) is 6.16. The first-order valence-corrected chi connectivity index (χ1v) is 6.16. The monoisotopic (exact) mass is 264 g/mol. The van der Waals surface area contributed by atoms with Gasteiger partial charge in [0.2, 0.25) is 0 Å². The number of aromatic nitrogens is 1. The van der Waals surface area contributed by atoms with Crippen LogP contribution in [-0.2, 0) is 0 Å². The maximum absolute atomic E-state index is 10.9. The average molecular weight is 264 g/mol. The predicted octanol–water partition coefficient (Wildman–Crippen LogP) is 3.36. The van der Waals surface area contributed by atoms with E-state index < -0.39 is 6.09 Å². The number of hydrogen-bond acceptors (Lipinski definition) is 3. The zero-order valence-electron chi connectivity index (χ0n) is 10.6. The van der Waals surface area contributed by atoms with Crippen molar-refractivity contribution in [3.63, 3.8) is 0 Å². The van der Waals surface area contributed by atoms with Crippen LogP contribution in [0.1, 0.15) is 0 Å². The molecule has 0 radical (unpaired) electrons. The van der Waals surface area contributed by atoms with Gasteiger partial charge in [-0.05, 0) is 12.1 Å². The molecule has 0 bridgehead atoms. The molecule has 0 aliphatic rings. The summed E-state index contributed by atoms with van der Waals surface area (Å²) in [4.78, 5) is 15.5. The fourth-order valence-electron chi connectivity index (χ4n) is 2.08. The number of primary amides is 1. The molecular weight excluding hydrogens is 252 g/mol. The molecule has 2 N–H and O–H groups in total. The van der Waals surface area contributed by atoms with Crippen molar-refractivity contribution in [1.29, 1.82) is 0 Å². The lowest BCUT2D eigenvalue weighted by Crippen LogP contribution is -2.16. The van der Waals surface area contributed by atoms with Gasteiger partial charge in [0.1, 0.15) is 5.52 Å². The van der Waals surface area contributed by atoms with Crippen molar-refractivity contribution in [1.82, 2.24) is 4.98 Å². The van der Waals surface area contributed by atoms with Crippen LogP contribution in [0.4, 0.5) is 4.79 Å². The number of nitrogens with zero attached hydrogens (tertiary/aromatic N) is 1. The Bertz CT molecular complexity index is 770. The lowest BCUT2D eigenvalue weighted by atomic mass is 10.1. The summed E-state index contributed by atoms with van der Waals surface area (Å²) in [5, 5.41) is 0.892. The van der Waals surface area contributed by atoms with E-state index in [1.54, 1.807) is 12.1 Å². The maximum Gasteiger partial charge on any atom is 0.410 e. The van der Waals surface area contributed by atoms with Crippen molar-refractivity contribution in [3.05, 3.63) is 60.7 Å². The van der Waals surface area contributed by atoms with Crippen molar-refractivity contribution in [2.45, 2.75) is 0 Å². The van der Waals surface area contributed by atoms with Crippen LogP contribution in [0.3, 0.4) is 0 Å². The quantitative estimate of drug-likeness (QED) is 0.771. The topological polar surface area (TPSA) is 65.2 Å². The highest BCUT2D eigenvalue weighted by Crippen LogP contribution is 2.27. The number of para-hydroxylation sites is 1. The fourth-order valence-corrected chi connectivity index (χ4v) is 2.08. The molecule has 3 rings (SSSR count). The van der Waals surface area contributed by atoms with Gasteiger partial charge in [0, 0.05) is 10.9 Å². The van der Waals surface area contributed by atoms with Crippen LogP contribution in [0.5, 0.6) is 5.75 Å². The van der Waals surface area contributed by atoms with E-state index in [1.807, 2.05) is 48.5 Å². The van der Waals surface area contributed by atoms with Gasteiger partial charge in [-0.2, -0.15) is 0 Å². The van der Waals surface area contributed by atoms with Gasteiger partial charge in [0.15, 0.2) is 5.75 Å². The van der Waals surface area contributed by atoms with Crippen LogP contribution in [0.2, 0.25) is 0 Å². The zero-order valence-corrected chi connectivity index (χ0v) is 10.6.